The molecule has 4 nitrogen and oxygen atoms in total. The van der Waals surface area contributed by atoms with E-state index in [0.29, 0.717) is 12.0 Å². The number of anilines is 1. The first-order chi connectivity index (χ1) is 10.1. The Morgan fingerprint density at radius 3 is 2.62 bits per heavy atom. The molecule has 0 saturated carbocycles. The van der Waals surface area contributed by atoms with Gasteiger partial charge in [-0.2, -0.15) is 0 Å². The summed E-state index contributed by atoms with van der Waals surface area (Å²) in [5.41, 5.74) is 1.14. The molecule has 0 aliphatic heterocycles. The van der Waals surface area contributed by atoms with E-state index in [0.717, 1.165) is 49.9 Å². The van der Waals surface area contributed by atoms with E-state index in [4.69, 9.17) is 9.72 Å². The Labute approximate surface area is 133 Å². The summed E-state index contributed by atoms with van der Waals surface area (Å²) in [6, 6.07) is 0.544. The van der Waals surface area contributed by atoms with Crippen molar-refractivity contribution in [2.24, 2.45) is 5.92 Å². The number of nitrogens with zero attached hydrogens (tertiary/aromatic N) is 2. The molecule has 5 heteroatoms. The van der Waals surface area contributed by atoms with Crippen molar-refractivity contribution in [3.05, 3.63) is 11.1 Å². The molecule has 1 aromatic rings. The third-order valence-electron chi connectivity index (χ3n) is 3.56. The van der Waals surface area contributed by atoms with E-state index in [1.807, 2.05) is 0 Å². The summed E-state index contributed by atoms with van der Waals surface area (Å²) in [6.07, 6.45) is 2.28. The minimum atomic E-state index is 0.544. The van der Waals surface area contributed by atoms with Gasteiger partial charge in [0.05, 0.1) is 12.3 Å². The predicted octanol–water partition coefficient (Wildman–Crippen LogP) is 3.53. The van der Waals surface area contributed by atoms with Crippen molar-refractivity contribution in [1.29, 1.82) is 0 Å². The van der Waals surface area contributed by atoms with E-state index in [1.165, 1.54) is 0 Å². The molecule has 0 bridgehead atoms. The van der Waals surface area contributed by atoms with Crippen LogP contribution in [0, 0.1) is 5.92 Å². The summed E-state index contributed by atoms with van der Waals surface area (Å²) in [7, 11) is 1.76. The molecular weight excluding hydrogens is 282 g/mol. The fraction of sp³-hybridized carbons (Fsp3) is 0.812. The molecule has 0 amide bonds. The number of hydrogen-bond acceptors (Lipinski definition) is 5. The van der Waals surface area contributed by atoms with Crippen molar-refractivity contribution >= 4 is 16.5 Å². The van der Waals surface area contributed by atoms with Gasteiger partial charge in [0.25, 0.3) is 0 Å². The van der Waals surface area contributed by atoms with Gasteiger partial charge in [-0.05, 0) is 25.3 Å². The maximum atomic E-state index is 5.25. The van der Waals surface area contributed by atoms with Gasteiger partial charge in [0.2, 0.25) is 0 Å². The first-order valence-electron chi connectivity index (χ1n) is 8.02. The van der Waals surface area contributed by atoms with Crippen LogP contribution in [0.1, 0.15) is 46.2 Å². The molecule has 1 aromatic heterocycles. The Morgan fingerprint density at radius 2 is 2.05 bits per heavy atom. The summed E-state index contributed by atoms with van der Waals surface area (Å²) >= 11 is 1.75. The van der Waals surface area contributed by atoms with Crippen molar-refractivity contribution in [3.8, 4) is 0 Å². The molecule has 0 atom stereocenters. The lowest BCUT2D eigenvalue weighted by Crippen LogP contribution is -2.37. The van der Waals surface area contributed by atoms with Crippen LogP contribution < -0.4 is 10.2 Å². The largest absolute Gasteiger partial charge is 0.383 e. The number of rotatable bonds is 11. The minimum absolute atomic E-state index is 0.544. The van der Waals surface area contributed by atoms with Gasteiger partial charge in [0.1, 0.15) is 0 Å². The molecule has 0 fully saturated rings. The van der Waals surface area contributed by atoms with E-state index in [9.17, 15) is 0 Å². The zero-order valence-electron chi connectivity index (χ0n) is 14.2. The molecule has 122 valence electrons. The van der Waals surface area contributed by atoms with Gasteiger partial charge >= 0.3 is 0 Å². The van der Waals surface area contributed by atoms with Crippen LogP contribution in [0.15, 0.2) is 5.38 Å². The summed E-state index contributed by atoms with van der Waals surface area (Å²) in [5, 5.41) is 6.75. The molecule has 0 radical (unpaired) electrons. The van der Waals surface area contributed by atoms with Gasteiger partial charge in [-0.25, -0.2) is 4.98 Å². The van der Waals surface area contributed by atoms with Crippen LogP contribution in [0.3, 0.4) is 0 Å². The van der Waals surface area contributed by atoms with Crippen LogP contribution in [0.2, 0.25) is 0 Å². The van der Waals surface area contributed by atoms with Gasteiger partial charge in [-0.3, -0.25) is 0 Å². The van der Waals surface area contributed by atoms with Crippen LogP contribution in [-0.4, -0.2) is 37.8 Å². The molecule has 1 rings (SSSR count). The monoisotopic (exact) mass is 313 g/mol. The molecule has 0 unspecified atom stereocenters. The lowest BCUT2D eigenvalue weighted by atomic mass is 10.1. The first kappa shape index (κ1) is 18.4. The van der Waals surface area contributed by atoms with Crippen molar-refractivity contribution in [1.82, 2.24) is 10.3 Å². The second-order valence-electron chi connectivity index (χ2n) is 5.80. The second-order valence-corrected chi connectivity index (χ2v) is 6.64. The second kappa shape index (κ2) is 10.1. The average molecular weight is 314 g/mol. The number of ether oxygens (including phenoxy) is 1. The summed E-state index contributed by atoms with van der Waals surface area (Å²) in [6.45, 7) is 12.5. The van der Waals surface area contributed by atoms with Crippen LogP contribution in [0.5, 0.6) is 0 Å². The third kappa shape index (κ3) is 6.32. The highest BCUT2D eigenvalue weighted by Gasteiger charge is 2.18. The number of hydrogen-bond donors (Lipinski definition) is 1. The van der Waals surface area contributed by atoms with Gasteiger partial charge in [-0.1, -0.05) is 27.7 Å². The Morgan fingerprint density at radius 1 is 1.33 bits per heavy atom. The number of nitrogens with one attached hydrogen (secondary N) is 1. The van der Waals surface area contributed by atoms with Crippen molar-refractivity contribution < 1.29 is 4.74 Å². The molecule has 21 heavy (non-hydrogen) atoms. The van der Waals surface area contributed by atoms with Crippen LogP contribution >= 0.6 is 11.3 Å². The van der Waals surface area contributed by atoms with E-state index in [-0.39, 0.29) is 0 Å². The zero-order chi connectivity index (χ0) is 15.7. The SMILES string of the molecule is CCC(CC)N(CCOC)c1nc(CNCC(C)C)cs1. The minimum Gasteiger partial charge on any atom is -0.383 e. The number of methoxy groups -OCH3 is 1. The molecule has 0 aliphatic rings. The maximum Gasteiger partial charge on any atom is 0.185 e. The fourth-order valence-corrected chi connectivity index (χ4v) is 3.27. The quantitative estimate of drug-likeness (QED) is 0.678. The molecule has 1 heterocycles. The fourth-order valence-electron chi connectivity index (χ4n) is 2.35. The summed E-state index contributed by atoms with van der Waals surface area (Å²) in [5.74, 6) is 0.672. The first-order valence-corrected chi connectivity index (χ1v) is 8.90. The highest BCUT2D eigenvalue weighted by Crippen LogP contribution is 2.24. The topological polar surface area (TPSA) is 37.4 Å². The molecule has 0 spiro atoms. The summed E-state index contributed by atoms with van der Waals surface area (Å²) < 4.78 is 5.25. The lowest BCUT2D eigenvalue weighted by molar-refractivity contribution is 0.202. The lowest BCUT2D eigenvalue weighted by Gasteiger charge is -2.30. The van der Waals surface area contributed by atoms with Crippen molar-refractivity contribution in [3.63, 3.8) is 0 Å². The average Bonchev–Trinajstić information content (AvgIpc) is 2.91. The summed E-state index contributed by atoms with van der Waals surface area (Å²) in [4.78, 5) is 7.21. The standard InChI is InChI=1S/C16H31N3OS/c1-6-15(7-2)19(8-9-20-5)16-18-14(12-21-16)11-17-10-13(3)4/h12-13,15,17H,6-11H2,1-5H3. The highest BCUT2D eigenvalue weighted by molar-refractivity contribution is 7.13. The van der Waals surface area contributed by atoms with Crippen LogP contribution in [0.4, 0.5) is 5.13 Å². The van der Waals surface area contributed by atoms with Gasteiger partial charge in [0, 0.05) is 31.6 Å². The third-order valence-corrected chi connectivity index (χ3v) is 4.49. The highest BCUT2D eigenvalue weighted by atomic mass is 32.1. The molecule has 0 saturated heterocycles. The smallest absolute Gasteiger partial charge is 0.185 e. The Hall–Kier alpha value is -0.650. The van der Waals surface area contributed by atoms with E-state index in [1.54, 1.807) is 18.4 Å². The Bertz CT molecular complexity index is 377. The van der Waals surface area contributed by atoms with Crippen molar-refractivity contribution in [2.75, 3.05) is 31.7 Å². The Kier molecular flexibility index (Phi) is 8.88. The molecule has 0 aromatic carbocycles. The van der Waals surface area contributed by atoms with Crippen molar-refractivity contribution in [2.45, 2.75) is 53.1 Å². The van der Waals surface area contributed by atoms with Gasteiger partial charge in [-0.15, -0.1) is 11.3 Å². The molecular formula is C16H31N3OS. The number of thiazole rings is 1. The van der Waals surface area contributed by atoms with Crippen LogP contribution in [0.25, 0.3) is 0 Å². The Balaban J connectivity index is 2.67. The van der Waals surface area contributed by atoms with Gasteiger partial charge < -0.3 is 15.0 Å². The maximum absolute atomic E-state index is 5.25. The predicted molar refractivity (Wildman–Crippen MR) is 92.3 cm³/mol. The molecule has 0 aliphatic carbocycles. The van der Waals surface area contributed by atoms with Gasteiger partial charge in [0.15, 0.2) is 5.13 Å². The van der Waals surface area contributed by atoms with E-state index >= 15 is 0 Å². The van der Waals surface area contributed by atoms with E-state index < -0.39 is 0 Å². The number of aromatic nitrogens is 1. The zero-order valence-corrected chi connectivity index (χ0v) is 15.0. The van der Waals surface area contributed by atoms with Crippen LogP contribution in [-0.2, 0) is 11.3 Å². The molecule has 1 N–H and O–H groups in total. The van der Waals surface area contributed by atoms with E-state index in [2.05, 4.69) is 43.3 Å². The normalized spacial score (nSPS) is 11.6.